The van der Waals surface area contributed by atoms with E-state index < -0.39 is 10.0 Å². The smallest absolute Gasteiger partial charge is 0.210 e. The van der Waals surface area contributed by atoms with Gasteiger partial charge in [-0.15, -0.1) is 0 Å². The SMILES string of the molecule is CC(C)CCCCNCCS(N)(=O)=O. The van der Waals surface area contributed by atoms with Crippen LogP contribution in [0.15, 0.2) is 0 Å². The van der Waals surface area contributed by atoms with Crippen LogP contribution in [0, 0.1) is 5.92 Å². The summed E-state index contributed by atoms with van der Waals surface area (Å²) in [4.78, 5) is 0. The van der Waals surface area contributed by atoms with E-state index in [4.69, 9.17) is 5.14 Å². The van der Waals surface area contributed by atoms with Crippen molar-refractivity contribution in [2.75, 3.05) is 18.8 Å². The van der Waals surface area contributed by atoms with Crippen molar-refractivity contribution in [3.05, 3.63) is 0 Å². The number of nitrogens with one attached hydrogen (secondary N) is 1. The zero-order valence-corrected chi connectivity index (χ0v) is 9.94. The number of hydrogen-bond acceptors (Lipinski definition) is 3. The van der Waals surface area contributed by atoms with E-state index in [2.05, 4.69) is 19.2 Å². The largest absolute Gasteiger partial charge is 0.316 e. The maximum atomic E-state index is 10.5. The zero-order valence-electron chi connectivity index (χ0n) is 9.12. The van der Waals surface area contributed by atoms with Crippen LogP contribution in [0.4, 0.5) is 0 Å². The molecule has 0 unspecified atom stereocenters. The third-order valence-corrected chi connectivity index (χ3v) is 2.72. The van der Waals surface area contributed by atoms with E-state index in [1.165, 1.54) is 12.8 Å². The molecule has 86 valence electrons. The van der Waals surface area contributed by atoms with Crippen molar-refractivity contribution in [2.24, 2.45) is 11.1 Å². The number of nitrogens with two attached hydrogens (primary N) is 1. The minimum atomic E-state index is -3.29. The van der Waals surface area contributed by atoms with E-state index in [-0.39, 0.29) is 5.75 Å². The van der Waals surface area contributed by atoms with Crippen molar-refractivity contribution in [1.29, 1.82) is 0 Å². The highest BCUT2D eigenvalue weighted by atomic mass is 32.2. The Morgan fingerprint density at radius 1 is 1.21 bits per heavy atom. The van der Waals surface area contributed by atoms with Gasteiger partial charge in [-0.2, -0.15) is 0 Å². The van der Waals surface area contributed by atoms with Crippen molar-refractivity contribution >= 4 is 10.0 Å². The van der Waals surface area contributed by atoms with Crippen LogP contribution in [-0.4, -0.2) is 27.3 Å². The summed E-state index contributed by atoms with van der Waals surface area (Å²) in [5, 5.41) is 7.90. The van der Waals surface area contributed by atoms with Crippen LogP contribution < -0.4 is 10.5 Å². The van der Waals surface area contributed by atoms with E-state index in [9.17, 15) is 8.42 Å². The van der Waals surface area contributed by atoms with Crippen LogP contribution in [0.3, 0.4) is 0 Å². The first-order chi connectivity index (χ1) is 6.42. The molecule has 3 N–H and O–H groups in total. The molecule has 0 rings (SSSR count). The summed E-state index contributed by atoms with van der Waals surface area (Å²) in [6.45, 7) is 5.74. The lowest BCUT2D eigenvalue weighted by molar-refractivity contribution is 0.523. The molecule has 0 aliphatic rings. The topological polar surface area (TPSA) is 72.2 Å². The highest BCUT2D eigenvalue weighted by Crippen LogP contribution is 2.04. The maximum Gasteiger partial charge on any atom is 0.210 e. The van der Waals surface area contributed by atoms with Gasteiger partial charge in [0.2, 0.25) is 10.0 Å². The van der Waals surface area contributed by atoms with Crippen molar-refractivity contribution in [3.63, 3.8) is 0 Å². The standard InChI is InChI=1S/C9H22N2O2S/c1-9(2)5-3-4-6-11-7-8-14(10,12)13/h9,11H,3-8H2,1-2H3,(H2,10,12,13). The summed E-state index contributed by atoms with van der Waals surface area (Å²) in [7, 11) is -3.29. The lowest BCUT2D eigenvalue weighted by Gasteiger charge is -2.05. The Morgan fingerprint density at radius 2 is 1.86 bits per heavy atom. The highest BCUT2D eigenvalue weighted by Gasteiger charge is 2.00. The second kappa shape index (κ2) is 7.20. The van der Waals surface area contributed by atoms with Gasteiger partial charge in [0.1, 0.15) is 0 Å². The summed E-state index contributed by atoms with van der Waals surface area (Å²) < 4.78 is 21.1. The van der Waals surface area contributed by atoms with Crippen molar-refractivity contribution < 1.29 is 8.42 Å². The van der Waals surface area contributed by atoms with Gasteiger partial charge in [-0.05, 0) is 18.9 Å². The molecular formula is C9H22N2O2S. The predicted octanol–water partition coefficient (Wildman–Crippen LogP) is 0.691. The molecule has 5 heteroatoms. The van der Waals surface area contributed by atoms with Gasteiger partial charge >= 0.3 is 0 Å². The van der Waals surface area contributed by atoms with Crippen molar-refractivity contribution in [1.82, 2.24) is 5.32 Å². The first kappa shape index (κ1) is 13.9. The molecule has 0 radical (unpaired) electrons. The van der Waals surface area contributed by atoms with Gasteiger partial charge in [0.15, 0.2) is 0 Å². The summed E-state index contributed by atoms with van der Waals surface area (Å²) in [5.41, 5.74) is 0. The normalized spacial score (nSPS) is 12.3. The quantitative estimate of drug-likeness (QED) is 0.594. The Bertz CT molecular complexity index is 225. The molecule has 0 aromatic carbocycles. The molecule has 0 bridgehead atoms. The molecule has 0 aliphatic carbocycles. The first-order valence-electron chi connectivity index (χ1n) is 5.13. The third kappa shape index (κ3) is 11.9. The fraction of sp³-hybridized carbons (Fsp3) is 1.00. The molecule has 0 heterocycles. The van der Waals surface area contributed by atoms with Gasteiger partial charge in [0, 0.05) is 6.54 Å². The molecule has 0 aromatic heterocycles. The Labute approximate surface area is 87.3 Å². The van der Waals surface area contributed by atoms with E-state index in [0.29, 0.717) is 6.54 Å². The van der Waals surface area contributed by atoms with E-state index in [1.807, 2.05) is 0 Å². The summed E-state index contributed by atoms with van der Waals surface area (Å²) >= 11 is 0. The Hall–Kier alpha value is -0.130. The number of unbranched alkanes of at least 4 members (excludes halogenated alkanes) is 1. The van der Waals surface area contributed by atoms with E-state index >= 15 is 0 Å². The van der Waals surface area contributed by atoms with Gasteiger partial charge in [-0.25, -0.2) is 13.6 Å². The van der Waals surface area contributed by atoms with Crippen LogP contribution in [0.1, 0.15) is 33.1 Å². The molecule has 4 nitrogen and oxygen atoms in total. The molecule has 0 fully saturated rings. The second-order valence-electron chi connectivity index (χ2n) is 4.01. The molecule has 0 saturated heterocycles. The average Bonchev–Trinajstić information content (AvgIpc) is 2.00. The fourth-order valence-electron chi connectivity index (χ4n) is 1.14. The van der Waals surface area contributed by atoms with Crippen molar-refractivity contribution in [2.45, 2.75) is 33.1 Å². The second-order valence-corrected chi connectivity index (χ2v) is 5.74. The minimum absolute atomic E-state index is 0.0250. The first-order valence-corrected chi connectivity index (χ1v) is 6.84. The molecule has 0 spiro atoms. The van der Waals surface area contributed by atoms with Crippen LogP contribution in [-0.2, 0) is 10.0 Å². The van der Waals surface area contributed by atoms with Gasteiger partial charge in [0.05, 0.1) is 5.75 Å². The van der Waals surface area contributed by atoms with Crippen LogP contribution in [0.5, 0.6) is 0 Å². The molecule has 0 aromatic rings. The number of rotatable bonds is 8. The molecule has 14 heavy (non-hydrogen) atoms. The van der Waals surface area contributed by atoms with Gasteiger partial charge in [0.25, 0.3) is 0 Å². The van der Waals surface area contributed by atoms with Gasteiger partial charge < -0.3 is 5.32 Å². The lowest BCUT2D eigenvalue weighted by Crippen LogP contribution is -2.27. The average molecular weight is 222 g/mol. The number of sulfonamides is 1. The lowest BCUT2D eigenvalue weighted by atomic mass is 10.1. The van der Waals surface area contributed by atoms with Gasteiger partial charge in [-0.1, -0.05) is 26.7 Å². The Morgan fingerprint density at radius 3 is 2.36 bits per heavy atom. The number of hydrogen-bond donors (Lipinski definition) is 2. The molecule has 0 saturated carbocycles. The zero-order chi connectivity index (χ0) is 11.0. The van der Waals surface area contributed by atoms with Gasteiger partial charge in [-0.3, -0.25) is 0 Å². The van der Waals surface area contributed by atoms with E-state index in [0.717, 1.165) is 18.9 Å². The summed E-state index contributed by atoms with van der Waals surface area (Å²) in [6, 6.07) is 0. The summed E-state index contributed by atoms with van der Waals surface area (Å²) in [5.74, 6) is 0.774. The Balaban J connectivity index is 3.15. The molecular weight excluding hydrogens is 200 g/mol. The van der Waals surface area contributed by atoms with Crippen LogP contribution in [0.25, 0.3) is 0 Å². The van der Waals surface area contributed by atoms with Crippen molar-refractivity contribution in [3.8, 4) is 0 Å². The molecule has 0 atom stereocenters. The third-order valence-electron chi connectivity index (χ3n) is 1.95. The fourth-order valence-corrected chi connectivity index (χ4v) is 1.57. The summed E-state index contributed by atoms with van der Waals surface area (Å²) in [6.07, 6.45) is 3.53. The molecule has 0 aliphatic heterocycles. The highest BCUT2D eigenvalue weighted by molar-refractivity contribution is 7.89. The van der Waals surface area contributed by atoms with Crippen LogP contribution >= 0.6 is 0 Å². The van der Waals surface area contributed by atoms with E-state index in [1.54, 1.807) is 0 Å². The predicted molar refractivity (Wildman–Crippen MR) is 59.5 cm³/mol. The monoisotopic (exact) mass is 222 g/mol. The number of primary sulfonamides is 1. The van der Waals surface area contributed by atoms with Crippen LogP contribution in [0.2, 0.25) is 0 Å². The Kier molecular flexibility index (Phi) is 7.13. The molecule has 0 amide bonds. The minimum Gasteiger partial charge on any atom is -0.316 e. The maximum absolute atomic E-state index is 10.5.